The van der Waals surface area contributed by atoms with Crippen molar-refractivity contribution in [1.82, 2.24) is 20.3 Å². The Morgan fingerprint density at radius 2 is 2.04 bits per heavy atom. The quantitative estimate of drug-likeness (QED) is 0.471. The molecule has 1 aromatic rings. The van der Waals surface area contributed by atoms with Crippen LogP contribution in [0.25, 0.3) is 0 Å². The number of aromatic nitrogens is 1. The van der Waals surface area contributed by atoms with E-state index in [4.69, 9.17) is 5.21 Å². The molecule has 3 N–H and O–H groups in total. The molecule has 4 amide bonds. The van der Waals surface area contributed by atoms with Crippen LogP contribution in [0.3, 0.4) is 0 Å². The molecule has 28 heavy (non-hydrogen) atoms. The van der Waals surface area contributed by atoms with E-state index in [1.807, 2.05) is 0 Å². The predicted octanol–water partition coefficient (Wildman–Crippen LogP) is 2.05. The largest absolute Gasteiger partial charge is 0.321 e. The van der Waals surface area contributed by atoms with Gasteiger partial charge in [-0.3, -0.25) is 14.8 Å². The van der Waals surface area contributed by atoms with Crippen molar-refractivity contribution in [2.24, 2.45) is 5.92 Å². The molecule has 3 rings (SSSR count). The van der Waals surface area contributed by atoms with Gasteiger partial charge in [0.05, 0.1) is 0 Å². The van der Waals surface area contributed by atoms with Gasteiger partial charge >= 0.3 is 6.03 Å². The molecule has 154 valence electrons. The van der Waals surface area contributed by atoms with Gasteiger partial charge in [0, 0.05) is 24.7 Å². The first-order valence-corrected chi connectivity index (χ1v) is 10.6. The smallest absolute Gasteiger partial charge is 0.315 e. The lowest BCUT2D eigenvalue weighted by Crippen LogP contribution is -2.51. The van der Waals surface area contributed by atoms with Crippen molar-refractivity contribution in [1.29, 1.82) is 0 Å². The van der Waals surface area contributed by atoms with Crippen LogP contribution in [0, 0.1) is 5.92 Å². The lowest BCUT2D eigenvalue weighted by molar-refractivity contribution is -0.129. The normalized spacial score (nSPS) is 19.6. The van der Waals surface area contributed by atoms with E-state index >= 15 is 0 Å². The van der Waals surface area contributed by atoms with Gasteiger partial charge in [0.2, 0.25) is 5.91 Å². The van der Waals surface area contributed by atoms with Gasteiger partial charge in [-0.25, -0.2) is 15.3 Å². The SMILES string of the molecule is O=C(CN(CCC1CCCC1)C(=O)N1CCC[C@H]1C(=O)Nc1nccs1)NO. The molecule has 9 nitrogen and oxygen atoms in total. The van der Waals surface area contributed by atoms with E-state index in [0.717, 1.165) is 25.7 Å². The van der Waals surface area contributed by atoms with Crippen LogP contribution in [0.1, 0.15) is 44.9 Å². The number of carbonyl (C=O) groups is 3. The number of thiazole rings is 1. The minimum absolute atomic E-state index is 0.223. The maximum absolute atomic E-state index is 13.1. The summed E-state index contributed by atoms with van der Waals surface area (Å²) in [5.74, 6) is -0.332. The fourth-order valence-electron chi connectivity index (χ4n) is 4.01. The number of hydroxylamine groups is 1. The predicted molar refractivity (Wildman–Crippen MR) is 104 cm³/mol. The maximum atomic E-state index is 13.1. The molecule has 1 atom stereocenters. The third-order valence-electron chi connectivity index (χ3n) is 5.48. The Balaban J connectivity index is 1.64. The van der Waals surface area contributed by atoms with E-state index in [2.05, 4.69) is 10.3 Å². The third-order valence-corrected chi connectivity index (χ3v) is 6.16. The number of likely N-dealkylation sites (tertiary alicyclic amines) is 1. The Labute approximate surface area is 168 Å². The number of hydrogen-bond donors (Lipinski definition) is 3. The number of anilines is 1. The molecule has 1 saturated carbocycles. The van der Waals surface area contributed by atoms with Gasteiger partial charge in [0.1, 0.15) is 12.6 Å². The summed E-state index contributed by atoms with van der Waals surface area (Å²) in [6, 6.07) is -0.916. The second kappa shape index (κ2) is 9.83. The summed E-state index contributed by atoms with van der Waals surface area (Å²) in [6.07, 6.45) is 8.45. The van der Waals surface area contributed by atoms with Crippen LogP contribution in [0.4, 0.5) is 9.93 Å². The zero-order valence-corrected chi connectivity index (χ0v) is 16.6. The number of hydrogen-bond acceptors (Lipinski definition) is 6. The Kier molecular flexibility index (Phi) is 7.21. The molecule has 0 radical (unpaired) electrons. The van der Waals surface area contributed by atoms with Gasteiger partial charge in [-0.1, -0.05) is 25.7 Å². The molecule has 1 aliphatic heterocycles. The summed E-state index contributed by atoms with van der Waals surface area (Å²) in [5.41, 5.74) is 1.60. The van der Waals surface area contributed by atoms with E-state index < -0.39 is 11.9 Å². The Bertz CT molecular complexity index is 678. The number of nitrogens with one attached hydrogen (secondary N) is 2. The zero-order valence-electron chi connectivity index (χ0n) is 15.8. The van der Waals surface area contributed by atoms with Crippen molar-refractivity contribution in [2.75, 3.05) is 25.0 Å². The minimum Gasteiger partial charge on any atom is -0.315 e. The standard InChI is InChI=1S/C18H27N5O4S/c24-15(21-27)12-22(10-7-13-4-1-2-5-13)18(26)23-9-3-6-14(23)16(25)20-17-19-8-11-28-17/h8,11,13-14,27H,1-7,9-10,12H2,(H,21,24)(H,19,20,25)/t14-/m0/s1. The van der Waals surface area contributed by atoms with Crippen LogP contribution in [0.5, 0.6) is 0 Å². The van der Waals surface area contributed by atoms with Crippen LogP contribution >= 0.6 is 11.3 Å². The molecular formula is C18H27N5O4S. The van der Waals surface area contributed by atoms with E-state index in [-0.39, 0.29) is 18.5 Å². The van der Waals surface area contributed by atoms with Crippen molar-refractivity contribution >= 4 is 34.3 Å². The molecule has 2 heterocycles. The highest BCUT2D eigenvalue weighted by atomic mass is 32.1. The van der Waals surface area contributed by atoms with Crippen molar-refractivity contribution in [3.63, 3.8) is 0 Å². The molecule has 0 bridgehead atoms. The fourth-order valence-corrected chi connectivity index (χ4v) is 4.54. The van der Waals surface area contributed by atoms with Gasteiger partial charge in [-0.15, -0.1) is 11.3 Å². The molecule has 2 aliphatic rings. The van der Waals surface area contributed by atoms with Gasteiger partial charge in [-0.05, 0) is 25.2 Å². The van der Waals surface area contributed by atoms with E-state index in [1.165, 1.54) is 34.0 Å². The summed E-state index contributed by atoms with van der Waals surface area (Å²) in [4.78, 5) is 44.5. The fraction of sp³-hybridized carbons (Fsp3) is 0.667. The average molecular weight is 410 g/mol. The first-order valence-electron chi connectivity index (χ1n) is 9.77. The first-order chi connectivity index (χ1) is 13.6. The lowest BCUT2D eigenvalue weighted by atomic mass is 10.0. The highest BCUT2D eigenvalue weighted by Crippen LogP contribution is 2.28. The number of carbonyl (C=O) groups excluding carboxylic acids is 3. The summed E-state index contributed by atoms with van der Waals surface area (Å²) in [6.45, 7) is 0.684. The molecule has 1 aliphatic carbocycles. The average Bonchev–Trinajstić information content (AvgIpc) is 3.46. The second-order valence-corrected chi connectivity index (χ2v) is 8.25. The van der Waals surface area contributed by atoms with Gasteiger partial charge < -0.3 is 15.1 Å². The maximum Gasteiger partial charge on any atom is 0.321 e. The Hall–Kier alpha value is -2.20. The van der Waals surface area contributed by atoms with Gasteiger partial charge in [0.15, 0.2) is 5.13 Å². The van der Waals surface area contributed by atoms with Crippen LogP contribution in [0.2, 0.25) is 0 Å². The monoisotopic (exact) mass is 409 g/mol. The van der Waals surface area contributed by atoms with E-state index in [1.54, 1.807) is 17.1 Å². The molecule has 2 fully saturated rings. The number of amides is 4. The van der Waals surface area contributed by atoms with Gasteiger partial charge in [0.25, 0.3) is 5.91 Å². The van der Waals surface area contributed by atoms with Crippen molar-refractivity contribution in [3.8, 4) is 0 Å². The molecule has 10 heteroatoms. The summed E-state index contributed by atoms with van der Waals surface area (Å²) in [5, 5.41) is 13.9. The molecule has 0 unspecified atom stereocenters. The molecule has 0 spiro atoms. The molecule has 1 saturated heterocycles. The summed E-state index contributed by atoms with van der Waals surface area (Å²) >= 11 is 1.32. The Morgan fingerprint density at radius 3 is 2.71 bits per heavy atom. The van der Waals surface area contributed by atoms with E-state index in [0.29, 0.717) is 30.6 Å². The van der Waals surface area contributed by atoms with Crippen molar-refractivity contribution in [3.05, 3.63) is 11.6 Å². The van der Waals surface area contributed by atoms with E-state index in [9.17, 15) is 14.4 Å². The van der Waals surface area contributed by atoms with Crippen LogP contribution < -0.4 is 10.8 Å². The zero-order chi connectivity index (χ0) is 19.9. The van der Waals surface area contributed by atoms with Crippen LogP contribution in [-0.4, -0.2) is 63.5 Å². The summed E-state index contributed by atoms with van der Waals surface area (Å²) < 4.78 is 0. The highest BCUT2D eigenvalue weighted by Gasteiger charge is 2.37. The van der Waals surface area contributed by atoms with Crippen LogP contribution in [0.15, 0.2) is 11.6 Å². The minimum atomic E-state index is -0.636. The topological polar surface area (TPSA) is 115 Å². The number of urea groups is 1. The first kappa shape index (κ1) is 20.5. The number of nitrogens with zero attached hydrogens (tertiary/aromatic N) is 3. The van der Waals surface area contributed by atoms with Crippen LogP contribution in [-0.2, 0) is 9.59 Å². The molecular weight excluding hydrogens is 382 g/mol. The second-order valence-electron chi connectivity index (χ2n) is 7.36. The Morgan fingerprint density at radius 1 is 1.25 bits per heavy atom. The molecule has 1 aromatic heterocycles. The number of rotatable bonds is 7. The van der Waals surface area contributed by atoms with Crippen molar-refractivity contribution < 1.29 is 19.6 Å². The summed E-state index contributed by atoms with van der Waals surface area (Å²) in [7, 11) is 0. The molecule has 0 aromatic carbocycles. The van der Waals surface area contributed by atoms with Gasteiger partial charge in [-0.2, -0.15) is 0 Å². The highest BCUT2D eigenvalue weighted by molar-refractivity contribution is 7.13. The lowest BCUT2D eigenvalue weighted by Gasteiger charge is -2.31. The van der Waals surface area contributed by atoms with Crippen molar-refractivity contribution in [2.45, 2.75) is 51.0 Å². The third kappa shape index (κ3) is 5.20.